The Balaban J connectivity index is 1.95. The molecule has 0 bridgehead atoms. The van der Waals surface area contributed by atoms with Gasteiger partial charge < -0.3 is 15.7 Å². The number of rotatable bonds is 6. The van der Waals surface area contributed by atoms with E-state index in [0.29, 0.717) is 0 Å². The highest BCUT2D eigenvalue weighted by atomic mass is 32.1. The zero-order valence-electron chi connectivity index (χ0n) is 13.6. The van der Waals surface area contributed by atoms with Crippen LogP contribution in [-0.2, 0) is 5.60 Å². The molecule has 0 radical (unpaired) electrons. The van der Waals surface area contributed by atoms with E-state index in [9.17, 15) is 9.90 Å². The molecule has 0 aliphatic rings. The average molecular weight is 333 g/mol. The van der Waals surface area contributed by atoms with Gasteiger partial charge in [-0.25, -0.2) is 4.79 Å². The second-order valence-corrected chi connectivity index (χ2v) is 6.87. The first-order valence-electron chi connectivity index (χ1n) is 7.60. The highest BCUT2D eigenvalue weighted by Crippen LogP contribution is 2.22. The van der Waals surface area contributed by atoms with Crippen molar-refractivity contribution in [2.75, 3.05) is 6.54 Å². The summed E-state index contributed by atoms with van der Waals surface area (Å²) in [4.78, 5) is 16.5. The Morgan fingerprint density at radius 3 is 2.74 bits per heavy atom. The number of hydrogen-bond acceptors (Lipinski definition) is 4. The summed E-state index contributed by atoms with van der Waals surface area (Å²) in [7, 11) is 0. The predicted molar refractivity (Wildman–Crippen MR) is 92.2 cm³/mol. The van der Waals surface area contributed by atoms with Crippen molar-refractivity contribution in [2.45, 2.75) is 32.4 Å². The summed E-state index contributed by atoms with van der Waals surface area (Å²) in [5.74, 6) is 0.202. The van der Waals surface area contributed by atoms with Gasteiger partial charge in [-0.15, -0.1) is 0 Å². The van der Waals surface area contributed by atoms with Crippen LogP contribution in [0.5, 0.6) is 0 Å². The number of thiophene rings is 1. The molecule has 3 N–H and O–H groups in total. The van der Waals surface area contributed by atoms with Crippen LogP contribution in [0.1, 0.15) is 38.1 Å². The molecular weight excluding hydrogens is 310 g/mol. The van der Waals surface area contributed by atoms with E-state index in [1.54, 1.807) is 13.1 Å². The third-order valence-corrected chi connectivity index (χ3v) is 4.38. The van der Waals surface area contributed by atoms with Crippen molar-refractivity contribution in [3.8, 4) is 0 Å². The largest absolute Gasteiger partial charge is 0.384 e. The Morgan fingerprint density at radius 2 is 2.17 bits per heavy atom. The van der Waals surface area contributed by atoms with Crippen molar-refractivity contribution in [3.63, 3.8) is 0 Å². The molecule has 0 spiro atoms. The number of hydrogen-bond donors (Lipinski definition) is 3. The molecule has 0 aliphatic carbocycles. The third-order valence-electron chi connectivity index (χ3n) is 3.70. The van der Waals surface area contributed by atoms with E-state index in [4.69, 9.17) is 0 Å². The lowest BCUT2D eigenvalue weighted by Crippen LogP contribution is -2.45. The zero-order valence-corrected chi connectivity index (χ0v) is 14.4. The summed E-state index contributed by atoms with van der Waals surface area (Å²) >= 11 is 1.52. The highest BCUT2D eigenvalue weighted by molar-refractivity contribution is 7.08. The molecule has 0 saturated heterocycles. The van der Waals surface area contributed by atoms with Gasteiger partial charge in [-0.3, -0.25) is 4.98 Å². The van der Waals surface area contributed by atoms with Gasteiger partial charge in [0.2, 0.25) is 0 Å². The first kappa shape index (κ1) is 17.4. The minimum Gasteiger partial charge on any atom is -0.384 e. The standard InChI is InChI=1S/C17H23N3O2S/c1-12(2)15(14-6-4-5-8-18-14)20-16(21)19-11-17(3,22)13-7-9-23-10-13/h4-10,12,15,22H,11H2,1-3H3,(H2,19,20,21)/t15-,17+/m1/s1. The molecule has 2 aromatic heterocycles. The fraction of sp³-hybridized carbons (Fsp3) is 0.412. The van der Waals surface area contributed by atoms with Crippen LogP contribution in [0.15, 0.2) is 41.2 Å². The highest BCUT2D eigenvalue weighted by Gasteiger charge is 2.25. The molecule has 2 rings (SSSR count). The Kier molecular flexibility index (Phi) is 5.74. The van der Waals surface area contributed by atoms with Gasteiger partial charge in [-0.1, -0.05) is 19.9 Å². The van der Waals surface area contributed by atoms with E-state index in [0.717, 1.165) is 11.3 Å². The summed E-state index contributed by atoms with van der Waals surface area (Å²) < 4.78 is 0. The fourth-order valence-corrected chi connectivity index (χ4v) is 3.04. The number of pyridine rings is 1. The average Bonchev–Trinajstić information content (AvgIpc) is 3.06. The van der Waals surface area contributed by atoms with Crippen molar-refractivity contribution in [1.29, 1.82) is 0 Å². The summed E-state index contributed by atoms with van der Waals surface area (Å²) in [6, 6.07) is 7.01. The minimum atomic E-state index is -1.09. The molecule has 0 aliphatic heterocycles. The van der Waals surface area contributed by atoms with Crippen LogP contribution >= 0.6 is 11.3 Å². The molecule has 124 valence electrons. The molecule has 6 heteroatoms. The number of aromatic nitrogens is 1. The van der Waals surface area contributed by atoms with E-state index in [2.05, 4.69) is 15.6 Å². The Morgan fingerprint density at radius 1 is 1.39 bits per heavy atom. The Bertz CT molecular complexity index is 612. The maximum Gasteiger partial charge on any atom is 0.315 e. The molecule has 2 amide bonds. The van der Waals surface area contributed by atoms with Gasteiger partial charge in [-0.05, 0) is 47.4 Å². The molecular formula is C17H23N3O2S. The number of nitrogens with zero attached hydrogens (tertiary/aromatic N) is 1. The van der Waals surface area contributed by atoms with Crippen LogP contribution in [0.25, 0.3) is 0 Å². The van der Waals surface area contributed by atoms with Gasteiger partial charge in [0, 0.05) is 6.20 Å². The van der Waals surface area contributed by atoms with Gasteiger partial charge in [0.1, 0.15) is 5.60 Å². The Labute approximate surface area is 140 Å². The molecule has 0 unspecified atom stereocenters. The maximum absolute atomic E-state index is 12.2. The summed E-state index contributed by atoms with van der Waals surface area (Å²) in [6.45, 7) is 5.89. The predicted octanol–water partition coefficient (Wildman–Crippen LogP) is 3.05. The summed E-state index contributed by atoms with van der Waals surface area (Å²) in [5, 5.41) is 19.9. The van der Waals surface area contributed by atoms with E-state index < -0.39 is 5.60 Å². The van der Waals surface area contributed by atoms with Crippen molar-refractivity contribution in [3.05, 3.63) is 52.5 Å². The molecule has 0 aromatic carbocycles. The van der Waals surface area contributed by atoms with Crippen molar-refractivity contribution in [1.82, 2.24) is 15.6 Å². The number of aliphatic hydroxyl groups is 1. The number of carbonyl (C=O) groups excluding carboxylic acids is 1. The van der Waals surface area contributed by atoms with Crippen LogP contribution in [0.4, 0.5) is 4.79 Å². The smallest absolute Gasteiger partial charge is 0.315 e. The molecule has 0 fully saturated rings. The van der Waals surface area contributed by atoms with Crippen molar-refractivity contribution >= 4 is 17.4 Å². The van der Waals surface area contributed by atoms with E-state index in [1.807, 2.05) is 48.9 Å². The van der Waals surface area contributed by atoms with Crippen LogP contribution in [0.2, 0.25) is 0 Å². The van der Waals surface area contributed by atoms with Crippen molar-refractivity contribution < 1.29 is 9.90 Å². The van der Waals surface area contributed by atoms with Gasteiger partial charge in [-0.2, -0.15) is 11.3 Å². The van der Waals surface area contributed by atoms with Crippen LogP contribution in [0, 0.1) is 5.92 Å². The second kappa shape index (κ2) is 7.57. The number of nitrogens with one attached hydrogen (secondary N) is 2. The summed E-state index contributed by atoms with van der Waals surface area (Å²) in [6.07, 6.45) is 1.71. The third kappa shape index (κ3) is 4.77. The Hall–Kier alpha value is -1.92. The molecule has 2 atom stereocenters. The van der Waals surface area contributed by atoms with Gasteiger partial charge >= 0.3 is 6.03 Å². The van der Waals surface area contributed by atoms with Crippen LogP contribution < -0.4 is 10.6 Å². The quantitative estimate of drug-likeness (QED) is 0.760. The van der Waals surface area contributed by atoms with E-state index >= 15 is 0 Å². The topological polar surface area (TPSA) is 74.2 Å². The number of amides is 2. The zero-order chi connectivity index (χ0) is 16.9. The van der Waals surface area contributed by atoms with E-state index in [-0.39, 0.29) is 24.5 Å². The molecule has 5 nitrogen and oxygen atoms in total. The summed E-state index contributed by atoms with van der Waals surface area (Å²) in [5.41, 5.74) is 0.533. The molecule has 23 heavy (non-hydrogen) atoms. The maximum atomic E-state index is 12.2. The second-order valence-electron chi connectivity index (χ2n) is 6.09. The van der Waals surface area contributed by atoms with Crippen LogP contribution in [-0.4, -0.2) is 22.7 Å². The lowest BCUT2D eigenvalue weighted by atomic mass is 9.99. The van der Waals surface area contributed by atoms with Gasteiger partial charge in [0.25, 0.3) is 0 Å². The monoisotopic (exact) mass is 333 g/mol. The van der Waals surface area contributed by atoms with Crippen LogP contribution in [0.3, 0.4) is 0 Å². The molecule has 0 saturated carbocycles. The SMILES string of the molecule is CC(C)[C@@H](NC(=O)NC[C@](C)(O)c1ccsc1)c1ccccn1. The minimum absolute atomic E-state index is 0.141. The van der Waals surface area contributed by atoms with Gasteiger partial charge in [0.05, 0.1) is 18.3 Å². The lowest BCUT2D eigenvalue weighted by Gasteiger charge is -2.25. The fourth-order valence-electron chi connectivity index (χ4n) is 2.26. The number of carbonyl (C=O) groups is 1. The van der Waals surface area contributed by atoms with Crippen molar-refractivity contribution in [2.24, 2.45) is 5.92 Å². The molecule has 2 heterocycles. The normalized spacial score (nSPS) is 15.0. The molecule has 2 aromatic rings. The van der Waals surface area contributed by atoms with E-state index in [1.165, 1.54) is 11.3 Å². The lowest BCUT2D eigenvalue weighted by molar-refractivity contribution is 0.0596. The number of urea groups is 1. The first-order chi connectivity index (χ1) is 10.9. The van der Waals surface area contributed by atoms with Gasteiger partial charge in [0.15, 0.2) is 0 Å². The first-order valence-corrected chi connectivity index (χ1v) is 8.55.